The highest BCUT2D eigenvalue weighted by Gasteiger charge is 1.99. The van der Waals surface area contributed by atoms with Crippen molar-refractivity contribution < 1.29 is 4.74 Å². The van der Waals surface area contributed by atoms with Gasteiger partial charge in [-0.3, -0.25) is 0 Å². The predicted octanol–water partition coefficient (Wildman–Crippen LogP) is 1.33. The summed E-state index contributed by atoms with van der Waals surface area (Å²) < 4.78 is 4.98. The van der Waals surface area contributed by atoms with Gasteiger partial charge >= 0.3 is 0 Å². The van der Waals surface area contributed by atoms with Crippen LogP contribution in [0.2, 0.25) is 0 Å². The molecule has 0 bridgehead atoms. The van der Waals surface area contributed by atoms with Crippen LogP contribution in [0.3, 0.4) is 0 Å². The molecule has 0 radical (unpaired) electrons. The number of azide groups is 1. The van der Waals surface area contributed by atoms with Crippen molar-refractivity contribution in [1.82, 2.24) is 4.98 Å². The maximum absolute atomic E-state index is 8.02. The number of methoxy groups -OCH3 is 1. The summed E-state index contributed by atoms with van der Waals surface area (Å²) >= 11 is 0. The highest BCUT2D eigenvalue weighted by molar-refractivity contribution is 5.50. The van der Waals surface area contributed by atoms with Crippen molar-refractivity contribution in [2.45, 2.75) is 0 Å². The van der Waals surface area contributed by atoms with E-state index in [1.807, 2.05) is 0 Å². The first kappa shape index (κ1) is 10.7. The van der Waals surface area contributed by atoms with Gasteiger partial charge < -0.3 is 10.5 Å². The van der Waals surface area contributed by atoms with Gasteiger partial charge in [-0.15, -0.1) is 0 Å². The van der Waals surface area contributed by atoms with E-state index in [-0.39, 0.29) is 6.54 Å². The summed E-state index contributed by atoms with van der Waals surface area (Å²) in [5, 5.41) is 3.28. The van der Waals surface area contributed by atoms with E-state index in [0.717, 1.165) is 0 Å². The molecule has 0 saturated carbocycles. The third-order valence-electron chi connectivity index (χ3n) is 1.55. The lowest BCUT2D eigenvalue weighted by molar-refractivity contribution is 0.415. The smallest absolute Gasteiger partial charge is 0.166 e. The molecule has 0 aliphatic heterocycles. The zero-order valence-electron chi connectivity index (χ0n) is 8.14. The lowest BCUT2D eigenvalue weighted by Crippen LogP contribution is -1.95. The second-order valence-electron chi connectivity index (χ2n) is 2.50. The number of ether oxygens (including phenoxy) is 1. The Morgan fingerprint density at radius 3 is 3.20 bits per heavy atom. The van der Waals surface area contributed by atoms with Crippen molar-refractivity contribution in [2.75, 3.05) is 19.4 Å². The molecule has 0 aliphatic rings. The van der Waals surface area contributed by atoms with Crippen LogP contribution in [0.4, 0.5) is 5.82 Å². The second-order valence-corrected chi connectivity index (χ2v) is 2.50. The van der Waals surface area contributed by atoms with Crippen LogP contribution in [0.5, 0.6) is 5.75 Å². The van der Waals surface area contributed by atoms with Gasteiger partial charge in [0.1, 0.15) is 0 Å². The number of aromatic nitrogens is 1. The Bertz CT molecular complexity index is 453. The van der Waals surface area contributed by atoms with E-state index in [2.05, 4.69) is 26.9 Å². The molecule has 1 rings (SSSR count). The fourth-order valence-corrected chi connectivity index (χ4v) is 0.896. The lowest BCUT2D eigenvalue weighted by Gasteiger charge is -2.02. The topological polar surface area (TPSA) is 96.9 Å². The Morgan fingerprint density at radius 2 is 2.53 bits per heavy atom. The maximum Gasteiger partial charge on any atom is 0.166 e. The van der Waals surface area contributed by atoms with E-state index >= 15 is 0 Å². The Hall–Kier alpha value is -2.38. The van der Waals surface area contributed by atoms with E-state index in [1.165, 1.54) is 13.3 Å². The van der Waals surface area contributed by atoms with E-state index in [0.29, 0.717) is 17.1 Å². The molecule has 2 N–H and O–H groups in total. The summed E-state index contributed by atoms with van der Waals surface area (Å²) in [7, 11) is 1.50. The molecule has 1 heterocycles. The number of nitrogen functional groups attached to an aromatic ring is 1. The van der Waals surface area contributed by atoms with Gasteiger partial charge in [-0.2, -0.15) is 0 Å². The quantitative estimate of drug-likeness (QED) is 0.340. The van der Waals surface area contributed by atoms with E-state index in [4.69, 9.17) is 16.0 Å². The average molecular weight is 203 g/mol. The Labute approximate surface area is 86.7 Å². The van der Waals surface area contributed by atoms with Crippen LogP contribution in [0.15, 0.2) is 17.4 Å². The number of nitrogens with two attached hydrogens (primary N) is 1. The molecule has 0 unspecified atom stereocenters. The normalized spacial score (nSPS) is 8.33. The first-order chi connectivity index (χ1) is 7.27. The molecule has 0 spiro atoms. The molecule has 0 saturated heterocycles. The Kier molecular flexibility index (Phi) is 3.83. The molecule has 15 heavy (non-hydrogen) atoms. The highest BCUT2D eigenvalue weighted by atomic mass is 16.5. The van der Waals surface area contributed by atoms with Gasteiger partial charge in [0.05, 0.1) is 13.7 Å². The lowest BCUT2D eigenvalue weighted by atomic mass is 10.2. The van der Waals surface area contributed by atoms with Crippen molar-refractivity contribution in [3.63, 3.8) is 0 Å². The van der Waals surface area contributed by atoms with Gasteiger partial charge in [0, 0.05) is 22.7 Å². The van der Waals surface area contributed by atoms with Crippen molar-refractivity contribution in [3.05, 3.63) is 28.3 Å². The second kappa shape index (κ2) is 5.37. The molecule has 6 heteroatoms. The Balaban J connectivity index is 2.85. The molecule has 76 valence electrons. The van der Waals surface area contributed by atoms with Gasteiger partial charge in [0.25, 0.3) is 0 Å². The minimum Gasteiger partial charge on any atom is -0.493 e. The van der Waals surface area contributed by atoms with Crippen LogP contribution in [0, 0.1) is 11.8 Å². The summed E-state index contributed by atoms with van der Waals surface area (Å²) in [6.07, 6.45) is 1.53. The SMILES string of the molecule is COc1cc(C#CCN=[N+]=[N-])cnc1N. The van der Waals surface area contributed by atoms with Crippen LogP contribution in [0.25, 0.3) is 10.4 Å². The fourth-order valence-electron chi connectivity index (χ4n) is 0.896. The van der Waals surface area contributed by atoms with Gasteiger partial charge in [0.2, 0.25) is 0 Å². The largest absolute Gasteiger partial charge is 0.493 e. The molecular weight excluding hydrogens is 194 g/mol. The molecule has 0 atom stereocenters. The van der Waals surface area contributed by atoms with Crippen LogP contribution >= 0.6 is 0 Å². The predicted molar refractivity (Wildman–Crippen MR) is 56.1 cm³/mol. The van der Waals surface area contributed by atoms with E-state index in [1.54, 1.807) is 6.07 Å². The fraction of sp³-hybridized carbons (Fsp3) is 0.222. The Morgan fingerprint density at radius 1 is 1.73 bits per heavy atom. The standard InChI is InChI=1S/C9H9N5O/c1-15-8-5-7(6-12-9(8)10)3-2-4-13-14-11/h5-6H,4H2,1H3,(H2,10,12). The third kappa shape index (κ3) is 3.10. The zero-order valence-corrected chi connectivity index (χ0v) is 8.14. The number of hydrogen-bond acceptors (Lipinski definition) is 4. The molecule has 1 aromatic heterocycles. The average Bonchev–Trinajstić information content (AvgIpc) is 2.26. The van der Waals surface area contributed by atoms with Gasteiger partial charge in [-0.25, -0.2) is 4.98 Å². The molecule has 0 fully saturated rings. The third-order valence-corrected chi connectivity index (χ3v) is 1.55. The molecule has 6 nitrogen and oxygen atoms in total. The van der Waals surface area contributed by atoms with Crippen molar-refractivity contribution in [1.29, 1.82) is 0 Å². The number of anilines is 1. The summed E-state index contributed by atoms with van der Waals surface area (Å²) in [4.78, 5) is 6.47. The van der Waals surface area contributed by atoms with Crippen molar-refractivity contribution in [2.24, 2.45) is 5.11 Å². The van der Waals surface area contributed by atoms with Crippen LogP contribution in [-0.4, -0.2) is 18.6 Å². The minimum atomic E-state index is 0.128. The summed E-state index contributed by atoms with van der Waals surface area (Å²) in [6.45, 7) is 0.128. The number of rotatable bonds is 2. The number of pyridine rings is 1. The summed E-state index contributed by atoms with van der Waals surface area (Å²) in [5.41, 5.74) is 14.2. The first-order valence-corrected chi connectivity index (χ1v) is 4.07. The minimum absolute atomic E-state index is 0.128. The van der Waals surface area contributed by atoms with Crippen LogP contribution in [0.1, 0.15) is 5.56 Å². The molecule has 1 aromatic rings. The van der Waals surface area contributed by atoms with Crippen molar-refractivity contribution in [3.8, 4) is 17.6 Å². The first-order valence-electron chi connectivity index (χ1n) is 4.07. The van der Waals surface area contributed by atoms with Gasteiger partial charge in [-0.05, 0) is 5.53 Å². The summed E-state index contributed by atoms with van der Waals surface area (Å²) in [6, 6.07) is 1.67. The van der Waals surface area contributed by atoms with E-state index < -0.39 is 0 Å². The molecular formula is C9H9N5O. The zero-order chi connectivity index (χ0) is 11.1. The molecule has 0 aromatic carbocycles. The van der Waals surface area contributed by atoms with E-state index in [9.17, 15) is 0 Å². The van der Waals surface area contributed by atoms with Gasteiger partial charge in [0.15, 0.2) is 11.6 Å². The molecule has 0 amide bonds. The van der Waals surface area contributed by atoms with Crippen LogP contribution in [-0.2, 0) is 0 Å². The maximum atomic E-state index is 8.02. The summed E-state index contributed by atoms with van der Waals surface area (Å²) in [5.74, 6) is 6.23. The van der Waals surface area contributed by atoms with Crippen LogP contribution < -0.4 is 10.5 Å². The number of hydrogen-bond donors (Lipinski definition) is 1. The highest BCUT2D eigenvalue weighted by Crippen LogP contribution is 2.18. The van der Waals surface area contributed by atoms with Crippen molar-refractivity contribution >= 4 is 5.82 Å². The number of nitrogens with zero attached hydrogens (tertiary/aromatic N) is 4. The van der Waals surface area contributed by atoms with Gasteiger partial charge in [-0.1, -0.05) is 17.0 Å². The molecule has 0 aliphatic carbocycles. The monoisotopic (exact) mass is 203 g/mol.